The first-order valence-corrected chi connectivity index (χ1v) is 9.47. The van der Waals surface area contributed by atoms with Gasteiger partial charge < -0.3 is 5.11 Å². The summed E-state index contributed by atoms with van der Waals surface area (Å²) in [5, 5.41) is 25.5. The molecule has 9 heteroatoms. The van der Waals surface area contributed by atoms with Gasteiger partial charge in [0.1, 0.15) is 5.75 Å². The van der Waals surface area contributed by atoms with Crippen molar-refractivity contribution < 1.29 is 14.8 Å². The molecule has 0 unspecified atom stereocenters. The van der Waals surface area contributed by atoms with Crippen LogP contribution in [0.2, 0.25) is 5.02 Å². The lowest BCUT2D eigenvalue weighted by molar-refractivity contribution is -0.387. The molecule has 0 heterocycles. The number of nitro benzene ring substituents is 1. The van der Waals surface area contributed by atoms with Gasteiger partial charge in [-0.05, 0) is 42.5 Å². The summed E-state index contributed by atoms with van der Waals surface area (Å²) in [5.41, 5.74) is 2.71. The van der Waals surface area contributed by atoms with Gasteiger partial charge in [-0.1, -0.05) is 41.6 Å². The predicted molar refractivity (Wildman–Crippen MR) is 112 cm³/mol. The third-order valence-electron chi connectivity index (χ3n) is 3.75. The number of para-hydroxylation sites is 1. The number of hydrogen-bond donors (Lipinski definition) is 2. The van der Waals surface area contributed by atoms with Gasteiger partial charge in [0.2, 0.25) is 0 Å². The minimum atomic E-state index is -0.594. The first-order valence-electron chi connectivity index (χ1n) is 8.27. The zero-order chi connectivity index (χ0) is 20.8. The fourth-order valence-electron chi connectivity index (χ4n) is 2.36. The fourth-order valence-corrected chi connectivity index (χ4v) is 3.39. The molecule has 0 fully saturated rings. The average Bonchev–Trinajstić information content (AvgIpc) is 2.70. The smallest absolute Gasteiger partial charge is 0.283 e. The van der Waals surface area contributed by atoms with Gasteiger partial charge >= 0.3 is 0 Å². The Bertz CT molecular complexity index is 1090. The molecule has 3 aromatic carbocycles. The number of aromatic hydroxyl groups is 1. The molecule has 2 N–H and O–H groups in total. The highest BCUT2D eigenvalue weighted by Gasteiger charge is 2.15. The van der Waals surface area contributed by atoms with Crippen molar-refractivity contribution in [3.8, 4) is 5.75 Å². The van der Waals surface area contributed by atoms with Crippen molar-refractivity contribution in [3.05, 3.63) is 93.0 Å². The van der Waals surface area contributed by atoms with Crippen molar-refractivity contribution >= 4 is 41.2 Å². The largest absolute Gasteiger partial charge is 0.507 e. The van der Waals surface area contributed by atoms with Crippen LogP contribution in [0.3, 0.4) is 0 Å². The molecular weight excluding hydrogens is 414 g/mol. The normalized spacial score (nSPS) is 10.8. The van der Waals surface area contributed by atoms with E-state index >= 15 is 0 Å². The highest BCUT2D eigenvalue weighted by molar-refractivity contribution is 7.99. The van der Waals surface area contributed by atoms with Gasteiger partial charge in [-0.2, -0.15) is 5.10 Å². The third-order valence-corrected chi connectivity index (χ3v) is 5.07. The van der Waals surface area contributed by atoms with E-state index in [1.165, 1.54) is 36.2 Å². The molecule has 0 aromatic heterocycles. The number of amides is 1. The van der Waals surface area contributed by atoms with E-state index in [2.05, 4.69) is 10.5 Å². The third kappa shape index (κ3) is 5.34. The highest BCUT2D eigenvalue weighted by atomic mass is 35.5. The van der Waals surface area contributed by atoms with Crippen LogP contribution < -0.4 is 5.43 Å². The summed E-state index contributed by atoms with van der Waals surface area (Å²) >= 11 is 7.11. The van der Waals surface area contributed by atoms with Gasteiger partial charge in [-0.3, -0.25) is 14.9 Å². The van der Waals surface area contributed by atoms with E-state index < -0.39 is 10.8 Å². The van der Waals surface area contributed by atoms with Gasteiger partial charge in [-0.25, -0.2) is 5.43 Å². The van der Waals surface area contributed by atoms with Crippen LogP contribution in [0, 0.1) is 10.1 Å². The Morgan fingerprint density at radius 1 is 1.14 bits per heavy atom. The van der Waals surface area contributed by atoms with E-state index in [4.69, 9.17) is 11.6 Å². The average molecular weight is 428 g/mol. The van der Waals surface area contributed by atoms with Crippen molar-refractivity contribution in [1.82, 2.24) is 5.43 Å². The topological polar surface area (TPSA) is 105 Å². The van der Waals surface area contributed by atoms with Crippen LogP contribution in [-0.2, 0) is 0 Å². The number of rotatable bonds is 6. The molecule has 0 atom stereocenters. The van der Waals surface area contributed by atoms with Gasteiger partial charge in [0.05, 0.1) is 21.6 Å². The Labute approximate surface area is 175 Å². The second-order valence-electron chi connectivity index (χ2n) is 5.76. The van der Waals surface area contributed by atoms with Crippen LogP contribution in [0.4, 0.5) is 5.69 Å². The summed E-state index contributed by atoms with van der Waals surface area (Å²) < 4.78 is 0. The number of carbonyl (C=O) groups is 1. The van der Waals surface area contributed by atoms with Crippen LogP contribution in [-0.4, -0.2) is 22.2 Å². The zero-order valence-electron chi connectivity index (χ0n) is 14.8. The maximum absolute atomic E-state index is 12.0. The molecule has 146 valence electrons. The molecule has 3 aromatic rings. The monoisotopic (exact) mass is 427 g/mol. The van der Waals surface area contributed by atoms with E-state index in [1.807, 2.05) is 0 Å². The van der Waals surface area contributed by atoms with Crippen molar-refractivity contribution in [3.63, 3.8) is 0 Å². The molecule has 0 radical (unpaired) electrons. The van der Waals surface area contributed by atoms with Gasteiger partial charge in [0.15, 0.2) is 0 Å². The molecule has 1 amide bonds. The number of hydrazone groups is 1. The van der Waals surface area contributed by atoms with Crippen molar-refractivity contribution in [1.29, 1.82) is 0 Å². The predicted octanol–water partition coefficient (Wildman–Crippen LogP) is 4.87. The number of benzene rings is 3. The van der Waals surface area contributed by atoms with Gasteiger partial charge in [0.25, 0.3) is 11.6 Å². The minimum absolute atomic E-state index is 0.0744. The fraction of sp³-hybridized carbons (Fsp3) is 0. The lowest BCUT2D eigenvalue weighted by Gasteiger charge is -2.05. The lowest BCUT2D eigenvalue weighted by atomic mass is 10.2. The number of phenolic OH excluding ortho intramolecular Hbond substituents is 1. The Hall–Kier alpha value is -3.36. The van der Waals surface area contributed by atoms with Crippen molar-refractivity contribution in [2.75, 3.05) is 0 Å². The SMILES string of the molecule is O=C(N/N=C\c1ccc(Sc2ccc(Cl)cc2)c([N+](=O)[O-])c1)c1ccccc1O. The molecule has 0 aliphatic carbocycles. The summed E-state index contributed by atoms with van der Waals surface area (Å²) in [6.45, 7) is 0. The first-order chi connectivity index (χ1) is 13.9. The molecule has 7 nitrogen and oxygen atoms in total. The number of hydrogen-bond acceptors (Lipinski definition) is 6. The molecule has 3 rings (SSSR count). The Balaban J connectivity index is 1.75. The lowest BCUT2D eigenvalue weighted by Crippen LogP contribution is -2.17. The molecule has 0 spiro atoms. The molecular formula is C20H14ClN3O4S. The number of nitro groups is 1. The number of carbonyl (C=O) groups excluding carboxylic acids is 1. The van der Waals surface area contributed by atoms with E-state index in [1.54, 1.807) is 48.5 Å². The number of nitrogens with zero attached hydrogens (tertiary/aromatic N) is 2. The summed E-state index contributed by atoms with van der Waals surface area (Å²) in [7, 11) is 0. The second kappa shape index (κ2) is 9.22. The minimum Gasteiger partial charge on any atom is -0.507 e. The molecule has 0 bridgehead atoms. The van der Waals surface area contributed by atoms with E-state index in [-0.39, 0.29) is 17.0 Å². The van der Waals surface area contributed by atoms with Crippen molar-refractivity contribution in [2.45, 2.75) is 9.79 Å². The maximum Gasteiger partial charge on any atom is 0.283 e. The van der Waals surface area contributed by atoms with Crippen molar-refractivity contribution in [2.24, 2.45) is 5.10 Å². The molecule has 0 aliphatic rings. The molecule has 0 aliphatic heterocycles. The standard InChI is InChI=1S/C20H14ClN3O4S/c21-14-6-8-15(9-7-14)29-19-10-5-13(11-17(19)24(27)28)12-22-23-20(26)16-3-1-2-4-18(16)25/h1-12,25H,(H,23,26)/b22-12-. The number of phenols is 1. The first kappa shape index (κ1) is 20.4. The summed E-state index contributed by atoms with van der Waals surface area (Å²) in [5.74, 6) is -0.761. The van der Waals surface area contributed by atoms with Gasteiger partial charge in [-0.15, -0.1) is 0 Å². The molecule has 0 saturated carbocycles. The van der Waals surface area contributed by atoms with Crippen LogP contribution in [0.1, 0.15) is 15.9 Å². The van der Waals surface area contributed by atoms with Crippen LogP contribution in [0.5, 0.6) is 5.75 Å². The number of halogens is 1. The Morgan fingerprint density at radius 2 is 1.86 bits per heavy atom. The van der Waals surface area contributed by atoms with E-state index in [0.29, 0.717) is 15.5 Å². The summed E-state index contributed by atoms with van der Waals surface area (Å²) in [4.78, 5) is 24.3. The van der Waals surface area contributed by atoms with Crippen LogP contribution in [0.15, 0.2) is 81.6 Å². The molecule has 0 saturated heterocycles. The highest BCUT2D eigenvalue weighted by Crippen LogP contribution is 2.35. The zero-order valence-corrected chi connectivity index (χ0v) is 16.4. The Kier molecular flexibility index (Phi) is 6.48. The second-order valence-corrected chi connectivity index (χ2v) is 7.31. The number of nitrogens with one attached hydrogen (secondary N) is 1. The van der Waals surface area contributed by atoms with Crippen LogP contribution >= 0.6 is 23.4 Å². The van der Waals surface area contributed by atoms with Gasteiger partial charge in [0, 0.05) is 21.5 Å². The summed E-state index contributed by atoms with van der Waals surface area (Å²) in [6.07, 6.45) is 1.29. The van der Waals surface area contributed by atoms with Crippen LogP contribution in [0.25, 0.3) is 0 Å². The quantitative estimate of drug-likeness (QED) is 0.331. The summed E-state index contributed by atoms with van der Waals surface area (Å²) in [6, 6.07) is 17.7. The Morgan fingerprint density at radius 3 is 2.55 bits per heavy atom. The molecule has 29 heavy (non-hydrogen) atoms. The maximum atomic E-state index is 12.0. The van der Waals surface area contributed by atoms with E-state index in [0.717, 1.165) is 4.90 Å². The van der Waals surface area contributed by atoms with E-state index in [9.17, 15) is 20.0 Å².